The van der Waals surface area contributed by atoms with E-state index in [1.165, 1.54) is 7.11 Å². The number of benzene rings is 2. The fourth-order valence-corrected chi connectivity index (χ4v) is 2.89. The van der Waals surface area contributed by atoms with E-state index in [1.807, 2.05) is 30.3 Å². The van der Waals surface area contributed by atoms with Gasteiger partial charge in [-0.25, -0.2) is 4.79 Å². The SMILES string of the molecule is CCC1CN(Cc2ccc(C(=O)OC)cc2)c2ccc(N)cc2O1. The zero-order valence-corrected chi connectivity index (χ0v) is 14.0. The molecule has 1 aliphatic heterocycles. The molecule has 2 aromatic carbocycles. The van der Waals surface area contributed by atoms with E-state index in [9.17, 15) is 4.79 Å². The normalized spacial score (nSPS) is 16.2. The molecule has 126 valence electrons. The summed E-state index contributed by atoms with van der Waals surface area (Å²) in [5.41, 5.74) is 9.32. The molecular formula is C19H22N2O3. The van der Waals surface area contributed by atoms with Gasteiger partial charge >= 0.3 is 5.97 Å². The third-order valence-electron chi connectivity index (χ3n) is 4.25. The first-order valence-corrected chi connectivity index (χ1v) is 8.09. The second-order valence-electron chi connectivity index (χ2n) is 5.94. The number of methoxy groups -OCH3 is 1. The lowest BCUT2D eigenvalue weighted by Crippen LogP contribution is -2.39. The van der Waals surface area contributed by atoms with Gasteiger partial charge < -0.3 is 20.1 Å². The average molecular weight is 326 g/mol. The van der Waals surface area contributed by atoms with Crippen molar-refractivity contribution in [2.24, 2.45) is 0 Å². The van der Waals surface area contributed by atoms with Crippen LogP contribution in [0.4, 0.5) is 11.4 Å². The molecule has 2 N–H and O–H groups in total. The Morgan fingerprint density at radius 3 is 2.71 bits per heavy atom. The standard InChI is InChI=1S/C19H22N2O3/c1-3-16-12-21(17-9-8-15(20)10-18(17)24-16)11-13-4-6-14(7-5-13)19(22)23-2/h4-10,16H,3,11-12,20H2,1-2H3. The second kappa shape index (κ2) is 6.83. The number of ether oxygens (including phenoxy) is 2. The fourth-order valence-electron chi connectivity index (χ4n) is 2.89. The van der Waals surface area contributed by atoms with Crippen molar-refractivity contribution in [3.63, 3.8) is 0 Å². The molecule has 1 aliphatic rings. The molecule has 3 rings (SSSR count). The van der Waals surface area contributed by atoms with Gasteiger partial charge in [-0.3, -0.25) is 0 Å². The number of hydrogen-bond acceptors (Lipinski definition) is 5. The average Bonchev–Trinajstić information content (AvgIpc) is 2.61. The van der Waals surface area contributed by atoms with E-state index in [2.05, 4.69) is 11.8 Å². The van der Waals surface area contributed by atoms with Crippen LogP contribution in [0.5, 0.6) is 5.75 Å². The zero-order chi connectivity index (χ0) is 17.1. The molecule has 0 radical (unpaired) electrons. The van der Waals surface area contributed by atoms with Crippen molar-refractivity contribution < 1.29 is 14.3 Å². The Morgan fingerprint density at radius 2 is 2.04 bits per heavy atom. The molecule has 0 bridgehead atoms. The molecule has 0 saturated heterocycles. The van der Waals surface area contributed by atoms with Gasteiger partial charge in [-0.1, -0.05) is 19.1 Å². The molecule has 1 unspecified atom stereocenters. The monoisotopic (exact) mass is 326 g/mol. The quantitative estimate of drug-likeness (QED) is 0.690. The molecule has 0 amide bonds. The van der Waals surface area contributed by atoms with E-state index in [-0.39, 0.29) is 12.1 Å². The lowest BCUT2D eigenvalue weighted by molar-refractivity contribution is 0.0600. The van der Waals surface area contributed by atoms with Crippen LogP contribution in [0.25, 0.3) is 0 Å². The Kier molecular flexibility index (Phi) is 4.60. The molecule has 0 saturated carbocycles. The van der Waals surface area contributed by atoms with E-state index in [0.29, 0.717) is 11.3 Å². The van der Waals surface area contributed by atoms with Gasteiger partial charge in [0.05, 0.1) is 24.9 Å². The lowest BCUT2D eigenvalue weighted by atomic mass is 10.1. The highest BCUT2D eigenvalue weighted by atomic mass is 16.5. The Labute approximate surface area is 142 Å². The smallest absolute Gasteiger partial charge is 0.337 e. The van der Waals surface area contributed by atoms with Crippen LogP contribution in [-0.2, 0) is 11.3 Å². The van der Waals surface area contributed by atoms with Gasteiger partial charge in [0.2, 0.25) is 0 Å². The summed E-state index contributed by atoms with van der Waals surface area (Å²) >= 11 is 0. The van der Waals surface area contributed by atoms with Crippen LogP contribution in [-0.4, -0.2) is 25.7 Å². The molecule has 0 aromatic heterocycles. The number of hydrogen-bond donors (Lipinski definition) is 1. The van der Waals surface area contributed by atoms with E-state index in [0.717, 1.165) is 36.5 Å². The number of rotatable bonds is 4. The molecular weight excluding hydrogens is 304 g/mol. The molecule has 1 atom stereocenters. The maximum absolute atomic E-state index is 11.5. The second-order valence-corrected chi connectivity index (χ2v) is 5.94. The molecule has 0 spiro atoms. The number of anilines is 2. The first-order valence-electron chi connectivity index (χ1n) is 8.09. The summed E-state index contributed by atoms with van der Waals surface area (Å²) in [4.78, 5) is 13.8. The van der Waals surface area contributed by atoms with Crippen LogP contribution in [0.15, 0.2) is 42.5 Å². The van der Waals surface area contributed by atoms with Gasteiger partial charge in [-0.05, 0) is 36.2 Å². The van der Waals surface area contributed by atoms with Crippen molar-refractivity contribution >= 4 is 17.3 Å². The number of nitrogens with zero attached hydrogens (tertiary/aromatic N) is 1. The summed E-state index contributed by atoms with van der Waals surface area (Å²) in [5.74, 6) is 0.513. The highest BCUT2D eigenvalue weighted by Gasteiger charge is 2.24. The highest BCUT2D eigenvalue weighted by Crippen LogP contribution is 2.36. The lowest BCUT2D eigenvalue weighted by Gasteiger charge is -2.36. The van der Waals surface area contributed by atoms with Crippen LogP contribution >= 0.6 is 0 Å². The van der Waals surface area contributed by atoms with Crippen LogP contribution < -0.4 is 15.4 Å². The van der Waals surface area contributed by atoms with Gasteiger partial charge in [0.1, 0.15) is 11.9 Å². The van der Waals surface area contributed by atoms with Crippen LogP contribution in [0.3, 0.4) is 0 Å². The molecule has 1 heterocycles. The van der Waals surface area contributed by atoms with Crippen molar-refractivity contribution in [3.05, 3.63) is 53.6 Å². The van der Waals surface area contributed by atoms with Crippen molar-refractivity contribution in [1.82, 2.24) is 0 Å². The summed E-state index contributed by atoms with van der Waals surface area (Å²) in [6.45, 7) is 3.69. The third-order valence-corrected chi connectivity index (χ3v) is 4.25. The summed E-state index contributed by atoms with van der Waals surface area (Å²) in [6.07, 6.45) is 1.08. The van der Waals surface area contributed by atoms with Crippen LogP contribution in [0.2, 0.25) is 0 Å². The minimum atomic E-state index is -0.320. The van der Waals surface area contributed by atoms with Gasteiger partial charge in [0.15, 0.2) is 0 Å². The van der Waals surface area contributed by atoms with Crippen LogP contribution in [0.1, 0.15) is 29.3 Å². The van der Waals surface area contributed by atoms with Gasteiger partial charge in [0.25, 0.3) is 0 Å². The molecule has 24 heavy (non-hydrogen) atoms. The van der Waals surface area contributed by atoms with Crippen molar-refractivity contribution in [2.45, 2.75) is 26.0 Å². The summed E-state index contributed by atoms with van der Waals surface area (Å²) in [5, 5.41) is 0. The Hall–Kier alpha value is -2.69. The van der Waals surface area contributed by atoms with Gasteiger partial charge in [0, 0.05) is 18.3 Å². The predicted octanol–water partition coefficient (Wildman–Crippen LogP) is 3.23. The first-order chi connectivity index (χ1) is 11.6. The van der Waals surface area contributed by atoms with Crippen molar-refractivity contribution in [3.8, 4) is 5.75 Å². The summed E-state index contributed by atoms with van der Waals surface area (Å²) in [7, 11) is 1.39. The summed E-state index contributed by atoms with van der Waals surface area (Å²) < 4.78 is 10.7. The van der Waals surface area contributed by atoms with E-state index >= 15 is 0 Å². The molecule has 2 aromatic rings. The molecule has 0 aliphatic carbocycles. The maximum atomic E-state index is 11.5. The Morgan fingerprint density at radius 1 is 1.29 bits per heavy atom. The minimum Gasteiger partial charge on any atom is -0.486 e. The number of nitrogens with two attached hydrogens (primary N) is 1. The number of carbonyl (C=O) groups excluding carboxylic acids is 1. The van der Waals surface area contributed by atoms with Gasteiger partial charge in [-0.15, -0.1) is 0 Å². The Balaban J connectivity index is 1.83. The largest absolute Gasteiger partial charge is 0.486 e. The van der Waals surface area contributed by atoms with E-state index in [1.54, 1.807) is 12.1 Å². The molecule has 0 fully saturated rings. The van der Waals surface area contributed by atoms with E-state index in [4.69, 9.17) is 15.2 Å². The molecule has 5 heteroatoms. The zero-order valence-electron chi connectivity index (χ0n) is 14.0. The van der Waals surface area contributed by atoms with Gasteiger partial charge in [-0.2, -0.15) is 0 Å². The molecule has 5 nitrogen and oxygen atoms in total. The Bertz CT molecular complexity index is 728. The minimum absolute atomic E-state index is 0.147. The topological polar surface area (TPSA) is 64.8 Å². The van der Waals surface area contributed by atoms with Crippen LogP contribution in [0, 0.1) is 0 Å². The van der Waals surface area contributed by atoms with Crippen molar-refractivity contribution in [2.75, 3.05) is 24.3 Å². The number of esters is 1. The third kappa shape index (κ3) is 3.30. The maximum Gasteiger partial charge on any atom is 0.337 e. The predicted molar refractivity (Wildman–Crippen MR) is 94.4 cm³/mol. The highest BCUT2D eigenvalue weighted by molar-refractivity contribution is 5.89. The fraction of sp³-hybridized carbons (Fsp3) is 0.316. The number of carbonyl (C=O) groups is 1. The number of nitrogen functional groups attached to an aromatic ring is 1. The van der Waals surface area contributed by atoms with E-state index < -0.39 is 0 Å². The number of fused-ring (bicyclic) bond motifs is 1. The summed E-state index contributed by atoms with van der Waals surface area (Å²) in [6, 6.07) is 13.3. The van der Waals surface area contributed by atoms with Crippen molar-refractivity contribution in [1.29, 1.82) is 0 Å². The first kappa shape index (κ1) is 16.2.